The zero-order chi connectivity index (χ0) is 11.1. The van der Waals surface area contributed by atoms with Crippen LogP contribution in [0.25, 0.3) is 0 Å². The molecule has 0 atom stereocenters. The lowest BCUT2D eigenvalue weighted by Gasteiger charge is -2.09. The molecular weight excluding hydrogens is 188 g/mol. The molecule has 0 saturated heterocycles. The molecular formula is C12H20N2O. The molecule has 0 aromatic carbocycles. The van der Waals surface area contributed by atoms with Crippen LogP contribution in [0.5, 0.6) is 0 Å². The molecule has 0 aliphatic carbocycles. The lowest BCUT2D eigenvalue weighted by molar-refractivity contribution is -0.107. The Hall–Kier alpha value is -1.09. The summed E-state index contributed by atoms with van der Waals surface area (Å²) in [5.41, 5.74) is 2.64. The molecule has 0 bridgehead atoms. The molecule has 0 unspecified atom stereocenters. The summed E-state index contributed by atoms with van der Waals surface area (Å²) in [5, 5.41) is 3.24. The predicted octanol–water partition coefficient (Wildman–Crippen LogP) is 1.67. The zero-order valence-electron chi connectivity index (χ0n) is 9.62. The van der Waals surface area contributed by atoms with Crippen LogP contribution in [0.2, 0.25) is 0 Å². The Morgan fingerprint density at radius 3 is 2.53 bits per heavy atom. The van der Waals surface area contributed by atoms with E-state index in [1.165, 1.54) is 11.4 Å². The van der Waals surface area contributed by atoms with Gasteiger partial charge in [0.1, 0.15) is 6.29 Å². The molecule has 0 aliphatic heterocycles. The van der Waals surface area contributed by atoms with Gasteiger partial charge in [0.25, 0.3) is 0 Å². The topological polar surface area (TPSA) is 34.0 Å². The number of aromatic nitrogens is 1. The number of rotatable bonds is 7. The number of carbonyl (C=O) groups excluding carboxylic acids is 1. The number of nitrogens with zero attached hydrogens (tertiary/aromatic N) is 1. The van der Waals surface area contributed by atoms with E-state index >= 15 is 0 Å². The average Bonchev–Trinajstić information content (AvgIpc) is 2.54. The van der Waals surface area contributed by atoms with Crippen LogP contribution in [0, 0.1) is 13.8 Å². The highest BCUT2D eigenvalue weighted by molar-refractivity contribution is 5.49. The highest BCUT2D eigenvalue weighted by Gasteiger charge is 1.99. The number of aldehydes is 1. The molecule has 0 saturated carbocycles. The molecule has 0 aliphatic rings. The molecule has 3 heteroatoms. The second-order valence-electron chi connectivity index (χ2n) is 3.83. The second kappa shape index (κ2) is 6.40. The summed E-state index contributed by atoms with van der Waals surface area (Å²) in [6, 6.07) is 4.30. The van der Waals surface area contributed by atoms with Crippen LogP contribution in [0.3, 0.4) is 0 Å². The first-order valence-electron chi connectivity index (χ1n) is 5.53. The third kappa shape index (κ3) is 3.88. The van der Waals surface area contributed by atoms with Crippen LogP contribution in [-0.2, 0) is 11.3 Å². The maximum Gasteiger partial charge on any atom is 0.121 e. The molecule has 0 amide bonds. The molecule has 15 heavy (non-hydrogen) atoms. The zero-order valence-corrected chi connectivity index (χ0v) is 9.62. The van der Waals surface area contributed by atoms with Gasteiger partial charge in [-0.1, -0.05) is 0 Å². The minimum Gasteiger partial charge on any atom is -0.349 e. The van der Waals surface area contributed by atoms with Gasteiger partial charge in [-0.2, -0.15) is 0 Å². The summed E-state index contributed by atoms with van der Waals surface area (Å²) in [4.78, 5) is 10.1. The minimum atomic E-state index is 0.613. The standard InChI is InChI=1S/C12H20N2O/c1-11-5-6-12(2)14(11)9-3-7-13-8-4-10-15/h5-6,10,13H,3-4,7-9H2,1-2H3. The summed E-state index contributed by atoms with van der Waals surface area (Å²) < 4.78 is 2.32. The van der Waals surface area contributed by atoms with Crippen molar-refractivity contribution < 1.29 is 4.79 Å². The Labute approximate surface area is 91.5 Å². The van der Waals surface area contributed by atoms with Crippen LogP contribution >= 0.6 is 0 Å². The van der Waals surface area contributed by atoms with E-state index in [2.05, 4.69) is 35.9 Å². The van der Waals surface area contributed by atoms with Crippen LogP contribution in [0.4, 0.5) is 0 Å². The summed E-state index contributed by atoms with van der Waals surface area (Å²) in [6.45, 7) is 7.09. The van der Waals surface area contributed by atoms with Gasteiger partial charge in [0.15, 0.2) is 0 Å². The number of hydrogen-bond acceptors (Lipinski definition) is 2. The molecule has 0 radical (unpaired) electrons. The van der Waals surface area contributed by atoms with E-state index in [1.54, 1.807) is 0 Å². The third-order valence-electron chi connectivity index (χ3n) is 2.59. The van der Waals surface area contributed by atoms with Crippen molar-refractivity contribution in [1.29, 1.82) is 0 Å². The molecule has 1 rings (SSSR count). The van der Waals surface area contributed by atoms with E-state index in [-0.39, 0.29) is 0 Å². The van der Waals surface area contributed by atoms with Crippen LogP contribution < -0.4 is 5.32 Å². The lowest BCUT2D eigenvalue weighted by atomic mass is 10.3. The van der Waals surface area contributed by atoms with Crippen molar-refractivity contribution in [2.75, 3.05) is 13.1 Å². The molecule has 1 heterocycles. The SMILES string of the molecule is Cc1ccc(C)n1CCCNCCC=O. The van der Waals surface area contributed by atoms with Gasteiger partial charge in [-0.25, -0.2) is 0 Å². The van der Waals surface area contributed by atoms with Crippen molar-refractivity contribution >= 4 is 6.29 Å². The normalized spacial score (nSPS) is 10.5. The van der Waals surface area contributed by atoms with Gasteiger partial charge < -0.3 is 14.7 Å². The van der Waals surface area contributed by atoms with E-state index in [4.69, 9.17) is 0 Å². The molecule has 1 aromatic rings. The maximum absolute atomic E-state index is 10.1. The number of carbonyl (C=O) groups is 1. The Balaban J connectivity index is 2.17. The molecule has 3 nitrogen and oxygen atoms in total. The Kier molecular flexibility index (Phi) is 5.12. The number of hydrogen-bond donors (Lipinski definition) is 1. The van der Waals surface area contributed by atoms with Gasteiger partial charge in [0.05, 0.1) is 0 Å². The van der Waals surface area contributed by atoms with Gasteiger partial charge in [-0.15, -0.1) is 0 Å². The first-order valence-corrected chi connectivity index (χ1v) is 5.53. The molecule has 1 aromatic heterocycles. The number of aryl methyl sites for hydroxylation is 2. The van der Waals surface area contributed by atoms with Gasteiger partial charge >= 0.3 is 0 Å². The van der Waals surface area contributed by atoms with E-state index in [1.807, 2.05) is 0 Å². The fraction of sp³-hybridized carbons (Fsp3) is 0.583. The lowest BCUT2D eigenvalue weighted by Crippen LogP contribution is -2.18. The van der Waals surface area contributed by atoms with Crippen LogP contribution in [-0.4, -0.2) is 23.9 Å². The van der Waals surface area contributed by atoms with Crippen molar-refractivity contribution in [2.45, 2.75) is 33.2 Å². The van der Waals surface area contributed by atoms with Crippen molar-refractivity contribution in [3.8, 4) is 0 Å². The quantitative estimate of drug-likeness (QED) is 0.546. The first-order chi connectivity index (χ1) is 7.25. The molecule has 84 valence electrons. The highest BCUT2D eigenvalue weighted by Crippen LogP contribution is 2.07. The van der Waals surface area contributed by atoms with E-state index in [0.717, 1.165) is 32.3 Å². The first kappa shape index (κ1) is 12.0. The number of nitrogens with one attached hydrogen (secondary N) is 1. The van der Waals surface area contributed by atoms with Gasteiger partial charge in [0.2, 0.25) is 0 Å². The van der Waals surface area contributed by atoms with Crippen molar-refractivity contribution in [3.05, 3.63) is 23.5 Å². The van der Waals surface area contributed by atoms with Crippen molar-refractivity contribution in [1.82, 2.24) is 9.88 Å². The van der Waals surface area contributed by atoms with Gasteiger partial charge in [-0.05, 0) is 38.9 Å². The molecule has 0 spiro atoms. The second-order valence-corrected chi connectivity index (χ2v) is 3.83. The fourth-order valence-corrected chi connectivity index (χ4v) is 1.70. The van der Waals surface area contributed by atoms with E-state index in [9.17, 15) is 4.79 Å². The van der Waals surface area contributed by atoms with Gasteiger partial charge in [-0.3, -0.25) is 0 Å². The fourth-order valence-electron chi connectivity index (χ4n) is 1.70. The average molecular weight is 208 g/mol. The molecule has 0 fully saturated rings. The van der Waals surface area contributed by atoms with E-state index < -0.39 is 0 Å². The summed E-state index contributed by atoms with van der Waals surface area (Å²) in [7, 11) is 0. The maximum atomic E-state index is 10.1. The Morgan fingerprint density at radius 1 is 1.27 bits per heavy atom. The minimum absolute atomic E-state index is 0.613. The largest absolute Gasteiger partial charge is 0.349 e. The monoisotopic (exact) mass is 208 g/mol. The van der Waals surface area contributed by atoms with Crippen molar-refractivity contribution in [3.63, 3.8) is 0 Å². The Morgan fingerprint density at radius 2 is 1.93 bits per heavy atom. The summed E-state index contributed by atoms with van der Waals surface area (Å²) >= 11 is 0. The predicted molar refractivity (Wildman–Crippen MR) is 62.1 cm³/mol. The highest BCUT2D eigenvalue weighted by atomic mass is 16.1. The van der Waals surface area contributed by atoms with Crippen LogP contribution in [0.15, 0.2) is 12.1 Å². The summed E-state index contributed by atoms with van der Waals surface area (Å²) in [6.07, 6.45) is 2.67. The summed E-state index contributed by atoms with van der Waals surface area (Å²) in [5.74, 6) is 0. The third-order valence-corrected chi connectivity index (χ3v) is 2.59. The van der Waals surface area contributed by atoms with Gasteiger partial charge in [0, 0.05) is 30.9 Å². The Bertz CT molecular complexity index is 285. The smallest absolute Gasteiger partial charge is 0.121 e. The van der Waals surface area contributed by atoms with Crippen LogP contribution in [0.1, 0.15) is 24.2 Å². The molecule has 1 N–H and O–H groups in total. The van der Waals surface area contributed by atoms with Crippen molar-refractivity contribution in [2.24, 2.45) is 0 Å². The van der Waals surface area contributed by atoms with E-state index in [0.29, 0.717) is 6.42 Å².